The van der Waals surface area contributed by atoms with E-state index in [1.54, 1.807) is 24.3 Å². The molecule has 0 radical (unpaired) electrons. The van der Waals surface area contributed by atoms with Crippen molar-refractivity contribution in [3.63, 3.8) is 0 Å². The Labute approximate surface area is 106 Å². The molecule has 0 bridgehead atoms. The molecule has 3 rings (SSSR count). The van der Waals surface area contributed by atoms with Gasteiger partial charge in [0.2, 0.25) is 0 Å². The lowest BCUT2D eigenvalue weighted by Crippen LogP contribution is -1.84. The molecule has 18 heavy (non-hydrogen) atoms. The Morgan fingerprint density at radius 3 is 2.61 bits per heavy atom. The molecule has 0 amide bonds. The second kappa shape index (κ2) is 3.96. The molecule has 1 aromatic heterocycles. The van der Waals surface area contributed by atoms with E-state index >= 15 is 0 Å². The first kappa shape index (κ1) is 11.0. The Morgan fingerprint density at radius 1 is 1.17 bits per heavy atom. The summed E-state index contributed by atoms with van der Waals surface area (Å²) in [7, 11) is 0. The van der Waals surface area contributed by atoms with Gasteiger partial charge in [-0.05, 0) is 29.8 Å². The van der Waals surface area contributed by atoms with Gasteiger partial charge >= 0.3 is 0 Å². The molecule has 1 heterocycles. The number of rotatable bonds is 1. The van der Waals surface area contributed by atoms with Gasteiger partial charge in [-0.2, -0.15) is 0 Å². The summed E-state index contributed by atoms with van der Waals surface area (Å²) in [4.78, 5) is 4.22. The maximum atomic E-state index is 13.6. The van der Waals surface area contributed by atoms with Crippen molar-refractivity contribution in [2.45, 2.75) is 0 Å². The number of hydrogen-bond donors (Lipinski definition) is 2. The van der Waals surface area contributed by atoms with Crippen molar-refractivity contribution in [2.24, 2.45) is 0 Å². The molecule has 0 spiro atoms. The maximum Gasteiger partial charge on any atom is 0.181 e. The number of nitrogens with two attached hydrogens (primary N) is 1. The minimum absolute atomic E-state index is 0.171. The van der Waals surface area contributed by atoms with E-state index in [9.17, 15) is 9.50 Å². The Bertz CT molecular complexity index is 722. The van der Waals surface area contributed by atoms with Gasteiger partial charge in [-0.3, -0.25) is 0 Å². The van der Waals surface area contributed by atoms with Crippen LogP contribution in [0.25, 0.3) is 21.3 Å². The molecule has 3 N–H and O–H groups in total. The SMILES string of the molecule is Nc1nc2c(-c3ccc(O)cc3)cc(F)cc2s1. The summed E-state index contributed by atoms with van der Waals surface area (Å²) >= 11 is 1.26. The van der Waals surface area contributed by atoms with Crippen molar-refractivity contribution < 1.29 is 9.50 Å². The zero-order valence-electron chi connectivity index (χ0n) is 9.22. The summed E-state index contributed by atoms with van der Waals surface area (Å²) in [5.74, 6) is -0.154. The fraction of sp³-hybridized carbons (Fsp3) is 0. The molecule has 0 aliphatic carbocycles. The Kier molecular flexibility index (Phi) is 2.41. The van der Waals surface area contributed by atoms with Crippen LogP contribution in [0.2, 0.25) is 0 Å². The Hall–Kier alpha value is -2.14. The van der Waals surface area contributed by atoms with Gasteiger partial charge in [-0.25, -0.2) is 9.37 Å². The van der Waals surface area contributed by atoms with Gasteiger partial charge in [0.25, 0.3) is 0 Å². The van der Waals surface area contributed by atoms with Gasteiger partial charge in [0, 0.05) is 5.56 Å². The Morgan fingerprint density at radius 2 is 1.89 bits per heavy atom. The fourth-order valence-electron chi connectivity index (χ4n) is 1.87. The number of halogens is 1. The molecule has 2 aromatic carbocycles. The van der Waals surface area contributed by atoms with Crippen LogP contribution in [0.4, 0.5) is 9.52 Å². The molecule has 0 aliphatic heterocycles. The largest absolute Gasteiger partial charge is 0.508 e. The molecular formula is C13H9FN2OS. The van der Waals surface area contributed by atoms with E-state index in [2.05, 4.69) is 4.98 Å². The number of thiazole rings is 1. The van der Waals surface area contributed by atoms with Crippen molar-refractivity contribution in [3.8, 4) is 16.9 Å². The number of phenolic OH excluding ortho intramolecular Hbond substituents is 1. The van der Waals surface area contributed by atoms with Crippen LogP contribution in [0, 0.1) is 5.82 Å². The smallest absolute Gasteiger partial charge is 0.181 e. The summed E-state index contributed by atoms with van der Waals surface area (Å²) in [6.07, 6.45) is 0. The first-order chi connectivity index (χ1) is 8.63. The van der Waals surface area contributed by atoms with Gasteiger partial charge in [0.15, 0.2) is 5.13 Å². The van der Waals surface area contributed by atoms with Crippen LogP contribution in [0.15, 0.2) is 36.4 Å². The molecule has 90 valence electrons. The van der Waals surface area contributed by atoms with E-state index in [0.717, 1.165) is 10.3 Å². The average Bonchev–Trinajstić information content (AvgIpc) is 2.69. The number of aromatic hydroxyl groups is 1. The van der Waals surface area contributed by atoms with E-state index in [-0.39, 0.29) is 11.6 Å². The number of anilines is 1. The predicted molar refractivity (Wildman–Crippen MR) is 71.1 cm³/mol. The van der Waals surface area contributed by atoms with E-state index in [1.165, 1.54) is 23.5 Å². The predicted octanol–water partition coefficient (Wildman–Crippen LogP) is 3.39. The zero-order valence-corrected chi connectivity index (χ0v) is 10.0. The standard InChI is InChI=1S/C13H9FN2OS/c14-8-5-10(7-1-3-9(17)4-2-7)12-11(6-8)18-13(15)16-12/h1-6,17H,(H2,15,16). The zero-order chi connectivity index (χ0) is 12.7. The molecule has 0 saturated heterocycles. The molecular weight excluding hydrogens is 251 g/mol. The fourth-order valence-corrected chi connectivity index (χ4v) is 2.66. The molecule has 3 aromatic rings. The van der Waals surface area contributed by atoms with Gasteiger partial charge in [0.05, 0.1) is 10.2 Å². The lowest BCUT2D eigenvalue weighted by atomic mass is 10.0. The number of aromatic nitrogens is 1. The third kappa shape index (κ3) is 1.78. The summed E-state index contributed by atoms with van der Waals surface area (Å²) in [6.45, 7) is 0. The maximum absolute atomic E-state index is 13.6. The van der Waals surface area contributed by atoms with Crippen LogP contribution in [-0.4, -0.2) is 10.1 Å². The molecule has 0 unspecified atom stereocenters. The van der Waals surface area contributed by atoms with Crippen LogP contribution in [0.3, 0.4) is 0 Å². The van der Waals surface area contributed by atoms with E-state index in [1.807, 2.05) is 0 Å². The highest BCUT2D eigenvalue weighted by atomic mass is 32.1. The first-order valence-electron chi connectivity index (χ1n) is 5.28. The van der Waals surface area contributed by atoms with Gasteiger partial charge in [0.1, 0.15) is 11.6 Å². The third-order valence-corrected chi connectivity index (χ3v) is 3.49. The van der Waals surface area contributed by atoms with Crippen LogP contribution >= 0.6 is 11.3 Å². The number of fused-ring (bicyclic) bond motifs is 1. The number of phenols is 1. The quantitative estimate of drug-likeness (QED) is 0.705. The van der Waals surface area contributed by atoms with Crippen molar-refractivity contribution in [1.82, 2.24) is 4.98 Å². The molecule has 0 atom stereocenters. The highest BCUT2D eigenvalue weighted by molar-refractivity contribution is 7.22. The molecule has 0 fully saturated rings. The first-order valence-corrected chi connectivity index (χ1v) is 6.10. The van der Waals surface area contributed by atoms with Crippen molar-refractivity contribution in [2.75, 3.05) is 5.73 Å². The number of benzene rings is 2. The van der Waals surface area contributed by atoms with Crippen LogP contribution < -0.4 is 5.73 Å². The average molecular weight is 260 g/mol. The summed E-state index contributed by atoms with van der Waals surface area (Å²) in [5, 5.41) is 9.68. The lowest BCUT2D eigenvalue weighted by Gasteiger charge is -2.03. The molecule has 3 nitrogen and oxygen atoms in total. The third-order valence-electron chi connectivity index (χ3n) is 2.65. The highest BCUT2D eigenvalue weighted by Crippen LogP contribution is 2.34. The number of nitrogens with zero attached hydrogens (tertiary/aromatic N) is 1. The van der Waals surface area contributed by atoms with Crippen molar-refractivity contribution in [1.29, 1.82) is 0 Å². The monoisotopic (exact) mass is 260 g/mol. The summed E-state index contributed by atoms with van der Waals surface area (Å²) < 4.78 is 14.3. The van der Waals surface area contributed by atoms with E-state index in [4.69, 9.17) is 5.73 Å². The lowest BCUT2D eigenvalue weighted by molar-refractivity contribution is 0.475. The van der Waals surface area contributed by atoms with Crippen LogP contribution in [0.1, 0.15) is 0 Å². The van der Waals surface area contributed by atoms with Gasteiger partial charge in [-0.15, -0.1) is 0 Å². The van der Waals surface area contributed by atoms with Gasteiger partial charge in [-0.1, -0.05) is 23.5 Å². The van der Waals surface area contributed by atoms with Crippen molar-refractivity contribution in [3.05, 3.63) is 42.2 Å². The molecule has 0 aliphatic rings. The normalized spacial score (nSPS) is 10.9. The number of hydrogen-bond acceptors (Lipinski definition) is 4. The molecule has 5 heteroatoms. The highest BCUT2D eigenvalue weighted by Gasteiger charge is 2.11. The summed E-state index contributed by atoms with van der Waals surface area (Å²) in [6, 6.07) is 9.41. The van der Waals surface area contributed by atoms with Crippen LogP contribution in [0.5, 0.6) is 5.75 Å². The number of nitrogen functional groups attached to an aromatic ring is 1. The second-order valence-electron chi connectivity index (χ2n) is 3.90. The van der Waals surface area contributed by atoms with E-state index in [0.29, 0.717) is 16.2 Å². The molecule has 0 saturated carbocycles. The van der Waals surface area contributed by atoms with Crippen LogP contribution in [-0.2, 0) is 0 Å². The second-order valence-corrected chi connectivity index (χ2v) is 4.96. The minimum atomic E-state index is -0.325. The van der Waals surface area contributed by atoms with E-state index < -0.39 is 0 Å². The van der Waals surface area contributed by atoms with Gasteiger partial charge < -0.3 is 10.8 Å². The topological polar surface area (TPSA) is 59.1 Å². The van der Waals surface area contributed by atoms with Crippen molar-refractivity contribution >= 4 is 26.7 Å². The summed E-state index contributed by atoms with van der Waals surface area (Å²) in [5.41, 5.74) is 7.81. The Balaban J connectivity index is 2.30. The minimum Gasteiger partial charge on any atom is -0.508 e.